The lowest BCUT2D eigenvalue weighted by atomic mass is 10.2. The molecule has 0 spiro atoms. The Bertz CT molecular complexity index is 911. The molecular weight excluding hydrogens is 326 g/mol. The largest absolute Gasteiger partial charge is 0.342 e. The van der Waals surface area contributed by atoms with Crippen LogP contribution in [-0.4, -0.2) is 32.8 Å². The van der Waals surface area contributed by atoms with Crippen molar-refractivity contribution in [2.45, 2.75) is 20.4 Å². The van der Waals surface area contributed by atoms with E-state index in [0.717, 1.165) is 22.6 Å². The lowest BCUT2D eigenvalue weighted by molar-refractivity contribution is -0.128. The molecule has 0 aliphatic carbocycles. The van der Waals surface area contributed by atoms with E-state index in [9.17, 15) is 4.79 Å². The Morgan fingerprint density at radius 2 is 1.92 bits per heavy atom. The number of carbonyl (C=O) groups excluding carboxylic acids is 1. The van der Waals surface area contributed by atoms with E-state index in [0.29, 0.717) is 18.2 Å². The number of aromatic nitrogens is 3. The van der Waals surface area contributed by atoms with Gasteiger partial charge in [-0.2, -0.15) is 0 Å². The molecule has 0 radical (unpaired) electrons. The van der Waals surface area contributed by atoms with E-state index in [4.69, 9.17) is 0 Å². The van der Waals surface area contributed by atoms with Gasteiger partial charge in [-0.15, -0.1) is 0 Å². The van der Waals surface area contributed by atoms with Crippen LogP contribution in [0, 0.1) is 6.92 Å². The summed E-state index contributed by atoms with van der Waals surface area (Å²) in [4.78, 5) is 26.4. The Hall–Kier alpha value is -3.28. The van der Waals surface area contributed by atoms with Crippen molar-refractivity contribution in [1.29, 1.82) is 0 Å². The van der Waals surface area contributed by atoms with Crippen LogP contribution in [0.2, 0.25) is 0 Å². The summed E-state index contributed by atoms with van der Waals surface area (Å²) in [6.45, 7) is 3.98. The van der Waals surface area contributed by atoms with Crippen LogP contribution in [0.15, 0.2) is 54.7 Å². The summed E-state index contributed by atoms with van der Waals surface area (Å²) in [5.74, 6) is 1.41. The number of aryl methyl sites for hydroxylation is 1. The topological polar surface area (TPSA) is 71.0 Å². The van der Waals surface area contributed by atoms with Gasteiger partial charge in [-0.1, -0.05) is 18.2 Å². The third-order valence-corrected chi connectivity index (χ3v) is 3.92. The number of anilines is 2. The number of nitrogens with one attached hydrogen (secondary N) is 1. The predicted octanol–water partition coefficient (Wildman–Crippen LogP) is 3.57. The molecule has 0 atom stereocenters. The maximum absolute atomic E-state index is 11.4. The number of amides is 1. The number of pyridine rings is 1. The van der Waals surface area contributed by atoms with Crippen molar-refractivity contribution in [2.75, 3.05) is 12.4 Å². The Kier molecular flexibility index (Phi) is 5.22. The molecular formula is C20H21N5O. The molecule has 1 amide bonds. The van der Waals surface area contributed by atoms with Gasteiger partial charge in [-0.25, -0.2) is 9.97 Å². The average molecular weight is 347 g/mol. The van der Waals surface area contributed by atoms with Gasteiger partial charge in [0.15, 0.2) is 0 Å². The zero-order chi connectivity index (χ0) is 18.5. The minimum Gasteiger partial charge on any atom is -0.342 e. The predicted molar refractivity (Wildman–Crippen MR) is 102 cm³/mol. The third kappa shape index (κ3) is 4.42. The van der Waals surface area contributed by atoms with Crippen LogP contribution < -0.4 is 5.32 Å². The molecule has 132 valence electrons. The van der Waals surface area contributed by atoms with E-state index in [1.54, 1.807) is 25.1 Å². The SMILES string of the molecule is CC(=O)N(C)Cc1cccc(Nc2cc(-c3ccccn3)nc(C)n2)c1. The lowest BCUT2D eigenvalue weighted by Gasteiger charge is -2.15. The van der Waals surface area contributed by atoms with Crippen molar-refractivity contribution in [3.8, 4) is 11.4 Å². The summed E-state index contributed by atoms with van der Waals surface area (Å²) >= 11 is 0. The first-order chi connectivity index (χ1) is 12.5. The maximum atomic E-state index is 11.4. The standard InChI is InChI=1S/C20H21N5O/c1-14-22-19(18-9-4-5-10-21-18)12-20(23-14)24-17-8-6-7-16(11-17)13-25(3)15(2)26/h4-12H,13H2,1-3H3,(H,22,23,24). The van der Waals surface area contributed by atoms with Crippen molar-refractivity contribution >= 4 is 17.4 Å². The molecule has 2 heterocycles. The van der Waals surface area contributed by atoms with Gasteiger partial charge in [0.25, 0.3) is 0 Å². The molecule has 0 saturated carbocycles. The maximum Gasteiger partial charge on any atom is 0.219 e. The minimum atomic E-state index is 0.0368. The summed E-state index contributed by atoms with van der Waals surface area (Å²) in [5, 5.41) is 3.32. The summed E-state index contributed by atoms with van der Waals surface area (Å²) < 4.78 is 0. The first kappa shape index (κ1) is 17.5. The normalized spacial score (nSPS) is 10.4. The fourth-order valence-corrected chi connectivity index (χ4v) is 2.56. The zero-order valence-electron chi connectivity index (χ0n) is 15.1. The molecule has 6 heteroatoms. The quantitative estimate of drug-likeness (QED) is 0.764. The molecule has 0 aliphatic heterocycles. The van der Waals surface area contributed by atoms with Crippen LogP contribution >= 0.6 is 0 Å². The number of rotatable bonds is 5. The van der Waals surface area contributed by atoms with Crippen molar-refractivity contribution in [1.82, 2.24) is 19.9 Å². The summed E-state index contributed by atoms with van der Waals surface area (Å²) in [6, 6.07) is 15.5. The van der Waals surface area contributed by atoms with Gasteiger partial charge >= 0.3 is 0 Å². The highest BCUT2D eigenvalue weighted by molar-refractivity contribution is 5.73. The third-order valence-electron chi connectivity index (χ3n) is 3.92. The van der Waals surface area contributed by atoms with Crippen LogP contribution in [0.3, 0.4) is 0 Å². The molecule has 26 heavy (non-hydrogen) atoms. The van der Waals surface area contributed by atoms with Crippen LogP contribution in [-0.2, 0) is 11.3 Å². The van der Waals surface area contributed by atoms with Crippen molar-refractivity contribution in [3.05, 3.63) is 66.1 Å². The highest BCUT2D eigenvalue weighted by Crippen LogP contribution is 2.21. The molecule has 3 rings (SSSR count). The number of hydrogen-bond acceptors (Lipinski definition) is 5. The van der Waals surface area contributed by atoms with Gasteiger partial charge in [0, 0.05) is 38.5 Å². The number of hydrogen-bond donors (Lipinski definition) is 1. The van der Waals surface area contributed by atoms with Gasteiger partial charge in [0.05, 0.1) is 11.4 Å². The van der Waals surface area contributed by atoms with E-state index in [1.807, 2.05) is 55.5 Å². The van der Waals surface area contributed by atoms with Crippen LogP contribution in [0.25, 0.3) is 11.4 Å². The van der Waals surface area contributed by atoms with E-state index in [-0.39, 0.29) is 5.91 Å². The Morgan fingerprint density at radius 1 is 1.08 bits per heavy atom. The van der Waals surface area contributed by atoms with Crippen molar-refractivity contribution in [2.24, 2.45) is 0 Å². The van der Waals surface area contributed by atoms with Crippen molar-refractivity contribution < 1.29 is 4.79 Å². The van der Waals surface area contributed by atoms with Gasteiger partial charge in [-0.3, -0.25) is 9.78 Å². The first-order valence-electron chi connectivity index (χ1n) is 8.36. The molecule has 1 aromatic carbocycles. The lowest BCUT2D eigenvalue weighted by Crippen LogP contribution is -2.22. The van der Waals surface area contributed by atoms with Crippen LogP contribution in [0.1, 0.15) is 18.3 Å². The van der Waals surface area contributed by atoms with Crippen LogP contribution in [0.5, 0.6) is 0 Å². The Balaban J connectivity index is 1.83. The minimum absolute atomic E-state index is 0.0368. The summed E-state index contributed by atoms with van der Waals surface area (Å²) in [6.07, 6.45) is 1.74. The van der Waals surface area contributed by atoms with Gasteiger partial charge in [0.2, 0.25) is 5.91 Å². The smallest absolute Gasteiger partial charge is 0.219 e. The summed E-state index contributed by atoms with van der Waals surface area (Å²) in [7, 11) is 1.79. The number of carbonyl (C=O) groups is 1. The molecule has 1 N–H and O–H groups in total. The van der Waals surface area contributed by atoms with E-state index < -0.39 is 0 Å². The van der Waals surface area contributed by atoms with E-state index in [2.05, 4.69) is 20.3 Å². The second-order valence-corrected chi connectivity index (χ2v) is 6.10. The van der Waals surface area contributed by atoms with Crippen LogP contribution in [0.4, 0.5) is 11.5 Å². The molecule has 0 aliphatic rings. The molecule has 6 nitrogen and oxygen atoms in total. The molecule has 0 bridgehead atoms. The molecule has 0 unspecified atom stereocenters. The number of benzene rings is 1. The van der Waals surface area contributed by atoms with E-state index in [1.165, 1.54) is 0 Å². The Labute approximate surface area is 153 Å². The second-order valence-electron chi connectivity index (χ2n) is 6.10. The van der Waals surface area contributed by atoms with E-state index >= 15 is 0 Å². The molecule has 0 fully saturated rings. The zero-order valence-corrected chi connectivity index (χ0v) is 15.1. The average Bonchev–Trinajstić information content (AvgIpc) is 2.62. The highest BCUT2D eigenvalue weighted by Gasteiger charge is 2.07. The number of nitrogens with zero attached hydrogens (tertiary/aromatic N) is 4. The van der Waals surface area contributed by atoms with Gasteiger partial charge < -0.3 is 10.2 Å². The summed E-state index contributed by atoms with van der Waals surface area (Å²) in [5.41, 5.74) is 3.53. The van der Waals surface area contributed by atoms with Crippen molar-refractivity contribution in [3.63, 3.8) is 0 Å². The highest BCUT2D eigenvalue weighted by atomic mass is 16.2. The molecule has 2 aromatic heterocycles. The Morgan fingerprint density at radius 3 is 2.65 bits per heavy atom. The van der Waals surface area contributed by atoms with Gasteiger partial charge in [-0.05, 0) is 36.8 Å². The second kappa shape index (κ2) is 7.74. The molecule has 0 saturated heterocycles. The first-order valence-corrected chi connectivity index (χ1v) is 8.36. The fourth-order valence-electron chi connectivity index (χ4n) is 2.56. The monoisotopic (exact) mass is 347 g/mol. The molecule has 3 aromatic rings. The van der Waals surface area contributed by atoms with Gasteiger partial charge in [0.1, 0.15) is 11.6 Å². The fraction of sp³-hybridized carbons (Fsp3) is 0.200.